The van der Waals surface area contributed by atoms with E-state index in [1.807, 2.05) is 25.1 Å². The van der Waals surface area contributed by atoms with Gasteiger partial charge in [0.15, 0.2) is 15.0 Å². The zero-order valence-electron chi connectivity index (χ0n) is 15.2. The molecule has 0 saturated heterocycles. The maximum Gasteiger partial charge on any atom is 0.257 e. The second-order valence-electron chi connectivity index (χ2n) is 6.13. The predicted molar refractivity (Wildman–Crippen MR) is 108 cm³/mol. The van der Waals surface area contributed by atoms with Crippen LogP contribution in [0.4, 0.5) is 5.13 Å². The molecule has 0 aliphatic heterocycles. The highest BCUT2D eigenvalue weighted by molar-refractivity contribution is 7.92. The van der Waals surface area contributed by atoms with Crippen LogP contribution in [0.5, 0.6) is 5.75 Å². The van der Waals surface area contributed by atoms with Gasteiger partial charge in [0.05, 0.1) is 21.5 Å². The van der Waals surface area contributed by atoms with E-state index < -0.39 is 21.0 Å². The summed E-state index contributed by atoms with van der Waals surface area (Å²) in [5, 5.41) is 2.61. The normalized spacial score (nSPS) is 11.7. The van der Waals surface area contributed by atoms with Gasteiger partial charge in [-0.05, 0) is 51.1 Å². The first-order valence-corrected chi connectivity index (χ1v) is 10.9. The third-order valence-corrected chi connectivity index (χ3v) is 7.04. The van der Waals surface area contributed by atoms with Crippen molar-refractivity contribution in [2.24, 2.45) is 0 Å². The Labute approximate surface area is 162 Å². The molecule has 0 spiro atoms. The summed E-state index contributed by atoms with van der Waals surface area (Å²) in [7, 11) is -3.45. The lowest BCUT2D eigenvalue weighted by Gasteiger charge is -2.09. The molecule has 0 aliphatic rings. The Morgan fingerprint density at radius 3 is 2.67 bits per heavy atom. The van der Waals surface area contributed by atoms with Crippen LogP contribution in [0.1, 0.15) is 31.1 Å². The number of hydrogen-bond donors (Lipinski definition) is 1. The van der Waals surface area contributed by atoms with Gasteiger partial charge in [0, 0.05) is 5.56 Å². The number of para-hydroxylation sites is 1. The van der Waals surface area contributed by atoms with Crippen LogP contribution in [-0.4, -0.2) is 31.2 Å². The molecular formula is C19H20N2O4S2. The first-order chi connectivity index (χ1) is 12.8. The molecule has 1 heterocycles. The average molecular weight is 405 g/mol. The van der Waals surface area contributed by atoms with E-state index in [-0.39, 0.29) is 10.5 Å². The van der Waals surface area contributed by atoms with Gasteiger partial charge in [0.1, 0.15) is 11.3 Å². The number of thiazole rings is 1. The summed E-state index contributed by atoms with van der Waals surface area (Å²) in [4.78, 5) is 17.2. The zero-order valence-corrected chi connectivity index (χ0v) is 16.9. The number of hydrogen-bond acceptors (Lipinski definition) is 6. The molecule has 0 fully saturated rings. The maximum absolute atomic E-state index is 12.6. The van der Waals surface area contributed by atoms with E-state index in [1.54, 1.807) is 26.0 Å². The van der Waals surface area contributed by atoms with Crippen molar-refractivity contribution in [2.75, 3.05) is 11.9 Å². The Hall–Kier alpha value is -2.45. The number of ether oxygens (including phenoxy) is 1. The quantitative estimate of drug-likeness (QED) is 0.668. The second kappa shape index (κ2) is 7.66. The van der Waals surface area contributed by atoms with E-state index in [2.05, 4.69) is 10.3 Å². The topological polar surface area (TPSA) is 85.4 Å². The monoisotopic (exact) mass is 404 g/mol. The minimum Gasteiger partial charge on any atom is -0.492 e. The van der Waals surface area contributed by atoms with E-state index in [0.717, 1.165) is 4.70 Å². The highest BCUT2D eigenvalue weighted by Crippen LogP contribution is 2.32. The van der Waals surface area contributed by atoms with Gasteiger partial charge in [-0.15, -0.1) is 0 Å². The number of nitrogens with one attached hydrogen (secondary N) is 1. The second-order valence-corrected chi connectivity index (χ2v) is 9.67. The molecule has 1 amide bonds. The Balaban J connectivity index is 1.88. The van der Waals surface area contributed by atoms with Crippen LogP contribution in [0.25, 0.3) is 10.2 Å². The van der Waals surface area contributed by atoms with Gasteiger partial charge in [-0.3, -0.25) is 10.1 Å². The molecule has 8 heteroatoms. The molecule has 2 aromatic carbocycles. The fourth-order valence-corrected chi connectivity index (χ4v) is 4.49. The highest BCUT2D eigenvalue weighted by atomic mass is 32.2. The fraction of sp³-hybridized carbons (Fsp3) is 0.263. The van der Waals surface area contributed by atoms with Gasteiger partial charge >= 0.3 is 0 Å². The minimum atomic E-state index is -3.45. The maximum atomic E-state index is 12.6. The molecule has 27 heavy (non-hydrogen) atoms. The lowest BCUT2D eigenvalue weighted by molar-refractivity contribution is 0.102. The molecule has 0 unspecified atom stereocenters. The van der Waals surface area contributed by atoms with Gasteiger partial charge < -0.3 is 4.74 Å². The first-order valence-electron chi connectivity index (χ1n) is 8.50. The summed E-state index contributed by atoms with van der Waals surface area (Å²) in [6, 6.07) is 11.6. The Morgan fingerprint density at radius 1 is 1.22 bits per heavy atom. The number of carbonyl (C=O) groups excluding carboxylic acids is 1. The summed E-state index contributed by atoms with van der Waals surface area (Å²) in [5.41, 5.74) is 0.955. The molecule has 0 radical (unpaired) electrons. The number of fused-ring (bicyclic) bond motifs is 1. The van der Waals surface area contributed by atoms with Gasteiger partial charge in [-0.1, -0.05) is 23.5 Å². The molecule has 0 bridgehead atoms. The van der Waals surface area contributed by atoms with Gasteiger partial charge in [0.25, 0.3) is 5.91 Å². The van der Waals surface area contributed by atoms with Gasteiger partial charge in [-0.25, -0.2) is 13.4 Å². The SMILES string of the molecule is CCOc1cccc2sc(NC(=O)c3cccc(S(=O)(=O)C(C)C)c3)nc12. The van der Waals surface area contributed by atoms with Crippen molar-refractivity contribution in [2.45, 2.75) is 30.9 Å². The number of carbonyl (C=O) groups is 1. The van der Waals surface area contributed by atoms with Crippen molar-refractivity contribution in [1.29, 1.82) is 0 Å². The molecular weight excluding hydrogens is 384 g/mol. The van der Waals surface area contributed by atoms with Gasteiger partial charge in [0.2, 0.25) is 0 Å². The van der Waals surface area contributed by atoms with Crippen LogP contribution in [0.15, 0.2) is 47.4 Å². The van der Waals surface area contributed by atoms with E-state index in [4.69, 9.17) is 4.74 Å². The summed E-state index contributed by atoms with van der Waals surface area (Å²) < 4.78 is 31.1. The van der Waals surface area contributed by atoms with E-state index >= 15 is 0 Å². The molecule has 1 N–H and O–H groups in total. The number of sulfone groups is 1. The standard InChI is InChI=1S/C19H20N2O4S2/c1-4-25-15-9-6-10-16-17(15)20-19(26-16)21-18(22)13-7-5-8-14(11-13)27(23,24)12(2)3/h5-12H,4H2,1-3H3,(H,20,21,22). The van der Waals surface area contributed by atoms with Crippen molar-refractivity contribution in [3.63, 3.8) is 0 Å². The first kappa shape index (κ1) is 19.3. The molecule has 0 aliphatic carbocycles. The number of nitrogens with zero attached hydrogens (tertiary/aromatic N) is 1. The zero-order chi connectivity index (χ0) is 19.6. The molecule has 1 aromatic heterocycles. The molecule has 0 saturated carbocycles. The summed E-state index contributed by atoms with van der Waals surface area (Å²) in [5.74, 6) is 0.254. The largest absolute Gasteiger partial charge is 0.492 e. The Kier molecular flexibility index (Phi) is 5.48. The summed E-state index contributed by atoms with van der Waals surface area (Å²) in [6.07, 6.45) is 0. The molecule has 3 aromatic rings. The van der Waals surface area contributed by atoms with E-state index in [0.29, 0.717) is 23.0 Å². The summed E-state index contributed by atoms with van der Waals surface area (Å²) in [6.45, 7) is 5.64. The van der Waals surface area contributed by atoms with Crippen molar-refractivity contribution >= 4 is 42.4 Å². The number of aromatic nitrogens is 1. The van der Waals surface area contributed by atoms with Crippen LogP contribution >= 0.6 is 11.3 Å². The van der Waals surface area contributed by atoms with Crippen LogP contribution in [0.3, 0.4) is 0 Å². The van der Waals surface area contributed by atoms with Crippen LogP contribution in [-0.2, 0) is 9.84 Å². The third kappa shape index (κ3) is 3.96. The Morgan fingerprint density at radius 2 is 1.96 bits per heavy atom. The van der Waals surface area contributed by atoms with Crippen LogP contribution in [0, 0.1) is 0 Å². The molecule has 0 atom stereocenters. The van der Waals surface area contributed by atoms with E-state index in [9.17, 15) is 13.2 Å². The fourth-order valence-electron chi connectivity index (χ4n) is 2.50. The Bertz CT molecular complexity index is 1090. The number of amides is 1. The predicted octanol–water partition coefficient (Wildman–Crippen LogP) is 4.13. The number of rotatable bonds is 6. The smallest absolute Gasteiger partial charge is 0.257 e. The lowest BCUT2D eigenvalue weighted by atomic mass is 10.2. The summed E-state index contributed by atoms with van der Waals surface area (Å²) >= 11 is 1.33. The number of anilines is 1. The molecule has 142 valence electrons. The lowest BCUT2D eigenvalue weighted by Crippen LogP contribution is -2.16. The minimum absolute atomic E-state index is 0.132. The van der Waals surface area contributed by atoms with Crippen molar-refractivity contribution in [1.82, 2.24) is 4.98 Å². The van der Waals surface area contributed by atoms with Crippen molar-refractivity contribution < 1.29 is 17.9 Å². The van der Waals surface area contributed by atoms with Crippen molar-refractivity contribution in [3.8, 4) is 5.75 Å². The third-order valence-electron chi connectivity index (χ3n) is 3.95. The van der Waals surface area contributed by atoms with Crippen molar-refractivity contribution in [3.05, 3.63) is 48.0 Å². The molecule has 6 nitrogen and oxygen atoms in total. The van der Waals surface area contributed by atoms with Crippen LogP contribution < -0.4 is 10.1 Å². The van der Waals surface area contributed by atoms with Gasteiger partial charge in [-0.2, -0.15) is 0 Å². The average Bonchev–Trinajstić information content (AvgIpc) is 3.05. The van der Waals surface area contributed by atoms with E-state index in [1.165, 1.54) is 23.5 Å². The van der Waals surface area contributed by atoms with Crippen LogP contribution in [0.2, 0.25) is 0 Å². The highest BCUT2D eigenvalue weighted by Gasteiger charge is 2.21. The molecule has 3 rings (SSSR count). The number of benzene rings is 2.